The molecule has 3 aromatic rings. The molecular weight excluding hydrogens is 342 g/mol. The molecule has 7 nitrogen and oxygen atoms in total. The third-order valence-electron chi connectivity index (χ3n) is 4.86. The van der Waals surface area contributed by atoms with E-state index < -0.39 is 0 Å². The van der Waals surface area contributed by atoms with Crippen LogP contribution in [0.15, 0.2) is 49.1 Å². The van der Waals surface area contributed by atoms with Crippen molar-refractivity contribution >= 4 is 5.91 Å². The number of rotatable bonds is 6. The highest BCUT2D eigenvalue weighted by Crippen LogP contribution is 2.31. The number of hydrogen-bond acceptors (Lipinski definition) is 4. The summed E-state index contributed by atoms with van der Waals surface area (Å²) in [6.07, 6.45) is 6.71. The van der Waals surface area contributed by atoms with E-state index in [1.165, 1.54) is 0 Å². The van der Waals surface area contributed by atoms with E-state index in [1.807, 2.05) is 54.7 Å². The first-order valence-electron chi connectivity index (χ1n) is 9.17. The van der Waals surface area contributed by atoms with Gasteiger partial charge in [-0.25, -0.2) is 4.98 Å². The Balaban J connectivity index is 1.36. The molecule has 27 heavy (non-hydrogen) atoms. The van der Waals surface area contributed by atoms with E-state index in [2.05, 4.69) is 15.1 Å². The molecule has 2 aromatic heterocycles. The van der Waals surface area contributed by atoms with Crippen LogP contribution in [0.3, 0.4) is 0 Å². The summed E-state index contributed by atoms with van der Waals surface area (Å²) >= 11 is 0. The van der Waals surface area contributed by atoms with Crippen molar-refractivity contribution in [3.8, 4) is 5.75 Å². The molecule has 0 fully saturated rings. The van der Waals surface area contributed by atoms with Gasteiger partial charge in [-0.2, -0.15) is 5.10 Å². The number of carbonyl (C=O) groups excluding carboxylic acids is 1. The van der Waals surface area contributed by atoms with Crippen molar-refractivity contribution in [3.63, 3.8) is 0 Å². The van der Waals surface area contributed by atoms with Crippen molar-refractivity contribution in [2.24, 2.45) is 7.05 Å². The maximum Gasteiger partial charge on any atom is 0.223 e. The van der Waals surface area contributed by atoms with Gasteiger partial charge >= 0.3 is 0 Å². The zero-order chi connectivity index (χ0) is 18.6. The molecule has 1 aliphatic rings. The zero-order valence-electron chi connectivity index (χ0n) is 15.3. The van der Waals surface area contributed by atoms with Crippen LogP contribution >= 0.6 is 0 Å². The van der Waals surface area contributed by atoms with Gasteiger partial charge in [-0.05, 0) is 18.6 Å². The summed E-state index contributed by atoms with van der Waals surface area (Å²) in [5, 5.41) is 4.27. The van der Waals surface area contributed by atoms with Crippen LogP contribution in [-0.2, 0) is 18.4 Å². The Bertz CT molecular complexity index is 902. The van der Waals surface area contributed by atoms with Crippen LogP contribution < -0.4 is 4.74 Å². The number of hydrogen-bond donors (Lipinski definition) is 1. The number of para-hydroxylation sites is 1. The highest BCUT2D eigenvalue weighted by molar-refractivity contribution is 5.76. The van der Waals surface area contributed by atoms with Gasteiger partial charge in [0.2, 0.25) is 5.91 Å². The third-order valence-corrected chi connectivity index (χ3v) is 4.86. The SMILES string of the molecule is Cn1cc(C2CN(C(=O)CCCOc3ccccc3)Cc3[nH]cnc32)cn1. The molecule has 1 aromatic carbocycles. The second-order valence-corrected chi connectivity index (χ2v) is 6.81. The Morgan fingerprint density at radius 2 is 2.19 bits per heavy atom. The Labute approximate surface area is 158 Å². The summed E-state index contributed by atoms with van der Waals surface area (Å²) in [4.78, 5) is 22.3. The largest absolute Gasteiger partial charge is 0.494 e. The van der Waals surface area contributed by atoms with E-state index in [-0.39, 0.29) is 11.8 Å². The summed E-state index contributed by atoms with van der Waals surface area (Å²) in [6.45, 7) is 1.73. The van der Waals surface area contributed by atoms with E-state index in [1.54, 1.807) is 11.0 Å². The Hall–Kier alpha value is -3.09. The van der Waals surface area contributed by atoms with Crippen LogP contribution in [0.5, 0.6) is 5.75 Å². The summed E-state index contributed by atoms with van der Waals surface area (Å²) in [7, 11) is 1.90. The molecule has 1 aliphatic heterocycles. The van der Waals surface area contributed by atoms with Gasteiger partial charge in [0.1, 0.15) is 5.75 Å². The Morgan fingerprint density at radius 3 is 2.96 bits per heavy atom. The maximum atomic E-state index is 12.7. The van der Waals surface area contributed by atoms with Gasteiger partial charge in [-0.1, -0.05) is 18.2 Å². The first-order chi connectivity index (χ1) is 13.2. The van der Waals surface area contributed by atoms with E-state index >= 15 is 0 Å². The number of ether oxygens (including phenoxy) is 1. The van der Waals surface area contributed by atoms with Crippen LogP contribution in [0.25, 0.3) is 0 Å². The number of fused-ring (bicyclic) bond motifs is 1. The standard InChI is InChI=1S/C20H23N5O2/c1-24-11-15(10-23-24)17-12-25(13-18-20(17)22-14-21-18)19(26)8-5-9-27-16-6-3-2-4-7-16/h2-4,6-7,10-11,14,17H,5,8-9,12-13H2,1H3,(H,21,22). The second kappa shape index (κ2) is 7.65. The third kappa shape index (κ3) is 3.86. The van der Waals surface area contributed by atoms with Gasteiger partial charge in [0.15, 0.2) is 0 Å². The monoisotopic (exact) mass is 365 g/mol. The molecule has 4 rings (SSSR count). The molecule has 1 amide bonds. The minimum atomic E-state index is 0.0539. The van der Waals surface area contributed by atoms with Crippen molar-refractivity contribution in [1.29, 1.82) is 0 Å². The smallest absolute Gasteiger partial charge is 0.223 e. The first kappa shape index (κ1) is 17.3. The average molecular weight is 365 g/mol. The number of H-pyrrole nitrogens is 1. The lowest BCUT2D eigenvalue weighted by Gasteiger charge is -2.31. The van der Waals surface area contributed by atoms with Gasteiger partial charge in [0, 0.05) is 37.7 Å². The van der Waals surface area contributed by atoms with Gasteiger partial charge in [-0.3, -0.25) is 9.48 Å². The summed E-state index contributed by atoms with van der Waals surface area (Å²) < 4.78 is 7.46. The minimum Gasteiger partial charge on any atom is -0.494 e. The van der Waals surface area contributed by atoms with Crippen molar-refractivity contribution in [2.75, 3.05) is 13.2 Å². The van der Waals surface area contributed by atoms with Crippen LogP contribution in [0, 0.1) is 0 Å². The molecule has 0 saturated heterocycles. The highest BCUT2D eigenvalue weighted by atomic mass is 16.5. The van der Waals surface area contributed by atoms with E-state index in [0.717, 1.165) is 22.7 Å². The lowest BCUT2D eigenvalue weighted by Crippen LogP contribution is -2.38. The molecule has 0 aliphatic carbocycles. The number of carbonyl (C=O) groups is 1. The molecule has 1 unspecified atom stereocenters. The molecule has 140 valence electrons. The van der Waals surface area contributed by atoms with Gasteiger partial charge < -0.3 is 14.6 Å². The molecular formula is C20H23N5O2. The number of benzene rings is 1. The fourth-order valence-corrected chi connectivity index (χ4v) is 3.48. The van der Waals surface area contributed by atoms with Crippen molar-refractivity contribution < 1.29 is 9.53 Å². The number of aromatic amines is 1. The second-order valence-electron chi connectivity index (χ2n) is 6.81. The van der Waals surface area contributed by atoms with E-state index in [0.29, 0.717) is 32.5 Å². The number of nitrogens with one attached hydrogen (secondary N) is 1. The van der Waals surface area contributed by atoms with Gasteiger partial charge in [0.05, 0.1) is 37.1 Å². The quantitative estimate of drug-likeness (QED) is 0.681. The fraction of sp³-hybridized carbons (Fsp3) is 0.350. The molecule has 0 spiro atoms. The number of imidazole rings is 1. The highest BCUT2D eigenvalue weighted by Gasteiger charge is 2.31. The van der Waals surface area contributed by atoms with Crippen molar-refractivity contribution in [1.82, 2.24) is 24.6 Å². The van der Waals surface area contributed by atoms with Crippen LogP contribution in [0.2, 0.25) is 0 Å². The predicted molar refractivity (Wildman–Crippen MR) is 100 cm³/mol. The minimum absolute atomic E-state index is 0.0539. The Morgan fingerprint density at radius 1 is 1.33 bits per heavy atom. The van der Waals surface area contributed by atoms with Crippen molar-refractivity contribution in [2.45, 2.75) is 25.3 Å². The number of aryl methyl sites for hydroxylation is 1. The molecule has 0 saturated carbocycles. The fourth-order valence-electron chi connectivity index (χ4n) is 3.48. The molecule has 7 heteroatoms. The van der Waals surface area contributed by atoms with Crippen LogP contribution in [0.1, 0.15) is 35.7 Å². The van der Waals surface area contributed by atoms with E-state index in [9.17, 15) is 4.79 Å². The Kier molecular flexibility index (Phi) is 4.91. The number of aromatic nitrogens is 4. The van der Waals surface area contributed by atoms with E-state index in [4.69, 9.17) is 4.74 Å². The van der Waals surface area contributed by atoms with Gasteiger partial charge in [-0.15, -0.1) is 0 Å². The molecule has 0 bridgehead atoms. The number of amides is 1. The molecule has 3 heterocycles. The molecule has 1 N–H and O–H groups in total. The normalized spacial score (nSPS) is 16.2. The summed E-state index contributed by atoms with van der Waals surface area (Å²) in [5.74, 6) is 1.03. The van der Waals surface area contributed by atoms with Gasteiger partial charge in [0.25, 0.3) is 0 Å². The average Bonchev–Trinajstić information content (AvgIpc) is 3.34. The molecule has 1 atom stereocenters. The zero-order valence-corrected chi connectivity index (χ0v) is 15.3. The summed E-state index contributed by atoms with van der Waals surface area (Å²) in [5.41, 5.74) is 3.10. The van der Waals surface area contributed by atoms with Crippen molar-refractivity contribution in [3.05, 3.63) is 66.0 Å². The lowest BCUT2D eigenvalue weighted by atomic mass is 9.93. The van der Waals surface area contributed by atoms with Crippen LogP contribution in [0.4, 0.5) is 0 Å². The molecule has 0 radical (unpaired) electrons. The summed E-state index contributed by atoms with van der Waals surface area (Å²) in [6, 6.07) is 9.67. The number of nitrogens with zero attached hydrogens (tertiary/aromatic N) is 4. The topological polar surface area (TPSA) is 76.0 Å². The lowest BCUT2D eigenvalue weighted by molar-refractivity contribution is -0.132. The predicted octanol–water partition coefficient (Wildman–Crippen LogP) is 2.48. The van der Waals surface area contributed by atoms with Crippen LogP contribution in [-0.4, -0.2) is 43.7 Å². The maximum absolute atomic E-state index is 12.7. The first-order valence-corrected chi connectivity index (χ1v) is 9.17.